The Balaban J connectivity index is 2.56. The highest BCUT2D eigenvalue weighted by Crippen LogP contribution is 2.43. The van der Waals surface area contributed by atoms with Crippen LogP contribution in [0.1, 0.15) is 40.5 Å². The van der Waals surface area contributed by atoms with Crippen molar-refractivity contribution in [2.75, 3.05) is 39.8 Å². The van der Waals surface area contributed by atoms with E-state index in [2.05, 4.69) is 43.3 Å². The maximum Gasteiger partial charge on any atom is 0.309 e. The molecule has 0 radical (unpaired) electrons. The van der Waals surface area contributed by atoms with Crippen LogP contribution in [0.2, 0.25) is 18.1 Å². The summed E-state index contributed by atoms with van der Waals surface area (Å²) in [5.41, 5.74) is 0. The van der Waals surface area contributed by atoms with E-state index in [1.807, 2.05) is 6.92 Å². The fourth-order valence-corrected chi connectivity index (χ4v) is 6.55. The van der Waals surface area contributed by atoms with Crippen molar-refractivity contribution in [2.24, 2.45) is 5.92 Å². The minimum Gasteiger partial charge on any atom is -0.469 e. The molecule has 1 aliphatic heterocycles. The molecule has 1 unspecified atom stereocenters. The lowest BCUT2D eigenvalue weighted by molar-refractivity contribution is -0.145. The summed E-state index contributed by atoms with van der Waals surface area (Å²) in [5, 5.41) is 0.448. The SMILES string of the molecule is CCCC(C)(C)[Si](C)(C)N1CCN(CC(C)C(=O)OC)CC1. The first-order valence-electron chi connectivity index (χ1n) is 8.71. The van der Waals surface area contributed by atoms with Gasteiger partial charge in [-0.05, 0) is 11.5 Å². The second kappa shape index (κ2) is 7.93. The summed E-state index contributed by atoms with van der Waals surface area (Å²) in [6, 6.07) is 0. The van der Waals surface area contributed by atoms with Gasteiger partial charge in [0, 0.05) is 32.7 Å². The molecule has 1 saturated heterocycles. The van der Waals surface area contributed by atoms with Gasteiger partial charge in [0.15, 0.2) is 0 Å². The molecule has 0 saturated carbocycles. The van der Waals surface area contributed by atoms with E-state index >= 15 is 0 Å². The zero-order chi connectivity index (χ0) is 17.0. The molecule has 0 aliphatic carbocycles. The van der Waals surface area contributed by atoms with Crippen LogP contribution in [0.4, 0.5) is 0 Å². The Labute approximate surface area is 138 Å². The van der Waals surface area contributed by atoms with Crippen LogP contribution in [0.25, 0.3) is 0 Å². The molecule has 1 rings (SSSR count). The fourth-order valence-electron chi connectivity index (χ4n) is 3.51. The number of hydrogen-bond acceptors (Lipinski definition) is 4. The van der Waals surface area contributed by atoms with Crippen molar-refractivity contribution < 1.29 is 9.53 Å². The Morgan fingerprint density at radius 2 is 1.77 bits per heavy atom. The Morgan fingerprint density at radius 3 is 2.23 bits per heavy atom. The highest BCUT2D eigenvalue weighted by Gasteiger charge is 2.44. The highest BCUT2D eigenvalue weighted by atomic mass is 28.3. The van der Waals surface area contributed by atoms with E-state index in [-0.39, 0.29) is 11.9 Å². The number of hydrogen-bond donors (Lipinski definition) is 0. The summed E-state index contributed by atoms with van der Waals surface area (Å²) >= 11 is 0. The highest BCUT2D eigenvalue weighted by molar-refractivity contribution is 6.77. The lowest BCUT2D eigenvalue weighted by atomic mass is 10.1. The fraction of sp³-hybridized carbons (Fsp3) is 0.941. The quantitative estimate of drug-likeness (QED) is 0.531. The number of carbonyl (C=O) groups is 1. The zero-order valence-electron chi connectivity index (χ0n) is 15.7. The molecule has 0 spiro atoms. The summed E-state index contributed by atoms with van der Waals surface area (Å²) in [6.07, 6.45) is 2.58. The van der Waals surface area contributed by atoms with Gasteiger partial charge in [-0.1, -0.05) is 47.2 Å². The first-order chi connectivity index (χ1) is 10.2. The van der Waals surface area contributed by atoms with Gasteiger partial charge in [-0.2, -0.15) is 0 Å². The van der Waals surface area contributed by atoms with Crippen LogP contribution < -0.4 is 0 Å². The number of nitrogens with zero attached hydrogens (tertiary/aromatic N) is 2. The topological polar surface area (TPSA) is 32.8 Å². The van der Waals surface area contributed by atoms with E-state index < -0.39 is 8.24 Å². The molecule has 1 aliphatic rings. The maximum absolute atomic E-state index is 11.6. The predicted molar refractivity (Wildman–Crippen MR) is 95.6 cm³/mol. The summed E-state index contributed by atoms with van der Waals surface area (Å²) in [7, 11) is 0.0386. The van der Waals surface area contributed by atoms with E-state index in [1.54, 1.807) is 0 Å². The first kappa shape index (κ1) is 19.7. The molecule has 1 heterocycles. The number of methoxy groups -OCH3 is 1. The van der Waals surface area contributed by atoms with Crippen LogP contribution in [0.5, 0.6) is 0 Å². The van der Waals surface area contributed by atoms with Crippen molar-refractivity contribution in [2.45, 2.75) is 58.7 Å². The van der Waals surface area contributed by atoms with Gasteiger partial charge in [-0.25, -0.2) is 0 Å². The van der Waals surface area contributed by atoms with Crippen LogP contribution in [-0.2, 0) is 9.53 Å². The third kappa shape index (κ3) is 4.55. The molecule has 1 fully saturated rings. The van der Waals surface area contributed by atoms with E-state index in [1.165, 1.54) is 20.0 Å². The van der Waals surface area contributed by atoms with Crippen LogP contribution in [0.3, 0.4) is 0 Å². The van der Waals surface area contributed by atoms with Crippen molar-refractivity contribution in [1.82, 2.24) is 9.47 Å². The van der Waals surface area contributed by atoms with Crippen molar-refractivity contribution in [1.29, 1.82) is 0 Å². The third-order valence-electron chi connectivity index (χ3n) is 5.83. The number of carbonyl (C=O) groups excluding carboxylic acids is 1. The van der Waals surface area contributed by atoms with Gasteiger partial charge >= 0.3 is 5.97 Å². The predicted octanol–water partition coefficient (Wildman–Crippen LogP) is 3.20. The third-order valence-corrected chi connectivity index (χ3v) is 11.4. The normalized spacial score (nSPS) is 20.0. The molecule has 0 N–H and O–H groups in total. The Kier molecular flexibility index (Phi) is 7.08. The summed E-state index contributed by atoms with van der Waals surface area (Å²) < 4.78 is 7.60. The Morgan fingerprint density at radius 1 is 1.23 bits per heavy atom. The summed E-state index contributed by atoms with van der Waals surface area (Å²) in [6.45, 7) is 19.4. The minimum absolute atomic E-state index is 0.0293. The van der Waals surface area contributed by atoms with Crippen molar-refractivity contribution in [3.05, 3.63) is 0 Å². The maximum atomic E-state index is 11.6. The van der Waals surface area contributed by atoms with Crippen LogP contribution in [0.15, 0.2) is 0 Å². The smallest absolute Gasteiger partial charge is 0.309 e. The molecule has 130 valence electrons. The molecule has 0 aromatic carbocycles. The van der Waals surface area contributed by atoms with Crippen molar-refractivity contribution in [3.63, 3.8) is 0 Å². The van der Waals surface area contributed by atoms with E-state index in [0.29, 0.717) is 5.04 Å². The zero-order valence-corrected chi connectivity index (χ0v) is 16.7. The number of rotatable bonds is 7. The van der Waals surface area contributed by atoms with Gasteiger partial charge in [0.05, 0.1) is 13.0 Å². The lowest BCUT2D eigenvalue weighted by Crippen LogP contribution is -2.62. The van der Waals surface area contributed by atoms with E-state index in [9.17, 15) is 4.79 Å². The largest absolute Gasteiger partial charge is 0.469 e. The number of piperazine rings is 1. The van der Waals surface area contributed by atoms with Crippen molar-refractivity contribution >= 4 is 14.2 Å². The van der Waals surface area contributed by atoms with Crippen LogP contribution >= 0.6 is 0 Å². The molecule has 0 aromatic rings. The molecule has 4 nitrogen and oxygen atoms in total. The van der Waals surface area contributed by atoms with Crippen LogP contribution in [-0.4, -0.2) is 63.5 Å². The van der Waals surface area contributed by atoms with E-state index in [0.717, 1.165) is 32.7 Å². The minimum atomic E-state index is -1.43. The molecule has 1 atom stereocenters. The monoisotopic (exact) mass is 328 g/mol. The van der Waals surface area contributed by atoms with Gasteiger partial charge in [-0.3, -0.25) is 4.79 Å². The average Bonchev–Trinajstić information content (AvgIpc) is 2.46. The molecular formula is C17H36N2O2Si. The van der Waals surface area contributed by atoms with Gasteiger partial charge in [0.1, 0.15) is 8.24 Å². The van der Waals surface area contributed by atoms with Gasteiger partial charge in [0.2, 0.25) is 0 Å². The second-order valence-electron chi connectivity index (χ2n) is 7.90. The molecule has 0 amide bonds. The van der Waals surface area contributed by atoms with E-state index in [4.69, 9.17) is 4.74 Å². The Bertz CT molecular complexity index is 364. The average molecular weight is 329 g/mol. The lowest BCUT2D eigenvalue weighted by Gasteiger charge is -2.51. The second-order valence-corrected chi connectivity index (χ2v) is 13.0. The first-order valence-corrected chi connectivity index (χ1v) is 11.7. The molecule has 0 aromatic heterocycles. The van der Waals surface area contributed by atoms with Gasteiger partial charge < -0.3 is 14.2 Å². The molecule has 22 heavy (non-hydrogen) atoms. The summed E-state index contributed by atoms with van der Waals surface area (Å²) in [5.74, 6) is -0.125. The molecule has 0 bridgehead atoms. The van der Waals surface area contributed by atoms with Gasteiger partial charge in [0.25, 0.3) is 0 Å². The number of esters is 1. The summed E-state index contributed by atoms with van der Waals surface area (Å²) in [4.78, 5) is 14.0. The standard InChI is InChI=1S/C17H36N2O2Si/c1-8-9-17(3,4)22(6,7)19-12-10-18(11-13-19)14-15(2)16(20)21-5/h15H,8-14H2,1-7H3. The Hall–Kier alpha value is -0.393. The van der Waals surface area contributed by atoms with Crippen LogP contribution in [0, 0.1) is 5.92 Å². The number of ether oxygens (including phenoxy) is 1. The molecule has 5 heteroatoms. The van der Waals surface area contributed by atoms with Gasteiger partial charge in [-0.15, -0.1) is 0 Å². The van der Waals surface area contributed by atoms with Crippen molar-refractivity contribution in [3.8, 4) is 0 Å². The molecular weight excluding hydrogens is 292 g/mol.